The van der Waals surface area contributed by atoms with Crippen LogP contribution in [-0.4, -0.2) is 60.2 Å². The van der Waals surface area contributed by atoms with Crippen LogP contribution < -0.4 is 14.4 Å². The van der Waals surface area contributed by atoms with Crippen LogP contribution in [0.2, 0.25) is 0 Å². The Morgan fingerprint density at radius 2 is 1.62 bits per heavy atom. The van der Waals surface area contributed by atoms with Crippen molar-refractivity contribution in [3.05, 3.63) is 79.6 Å². The number of para-hydroxylation sites is 2. The smallest absolute Gasteiger partial charge is 0.260 e. The first-order valence-electron chi connectivity index (χ1n) is 10.6. The number of ether oxygens (including phenoxy) is 2. The van der Waals surface area contributed by atoms with E-state index >= 15 is 0 Å². The fourth-order valence-corrected chi connectivity index (χ4v) is 3.54. The van der Waals surface area contributed by atoms with Gasteiger partial charge in [0.1, 0.15) is 18.8 Å². The molecule has 4 rings (SSSR count). The summed E-state index contributed by atoms with van der Waals surface area (Å²) in [4.78, 5) is 25.5. The fraction of sp³-hybridized carbons (Fsp3) is 0.240. The summed E-state index contributed by atoms with van der Waals surface area (Å²) >= 11 is 0. The van der Waals surface area contributed by atoms with Crippen LogP contribution in [0.4, 0.5) is 5.82 Å². The fourth-order valence-electron chi connectivity index (χ4n) is 3.54. The van der Waals surface area contributed by atoms with Gasteiger partial charge >= 0.3 is 0 Å². The number of aromatic nitrogens is 2. The van der Waals surface area contributed by atoms with Crippen LogP contribution in [0.1, 0.15) is 0 Å². The maximum Gasteiger partial charge on any atom is 0.260 e. The molecule has 0 N–H and O–H groups in total. The van der Waals surface area contributed by atoms with Crippen molar-refractivity contribution in [1.29, 1.82) is 0 Å². The molecule has 164 valence electrons. The van der Waals surface area contributed by atoms with E-state index in [1.54, 1.807) is 18.5 Å². The lowest BCUT2D eigenvalue weighted by molar-refractivity contribution is -0.133. The summed E-state index contributed by atoms with van der Waals surface area (Å²) in [6, 6.07) is 19.4. The first-order chi connectivity index (χ1) is 15.7. The van der Waals surface area contributed by atoms with Gasteiger partial charge in [-0.05, 0) is 12.1 Å². The number of carbonyl (C=O) groups is 1. The summed E-state index contributed by atoms with van der Waals surface area (Å²) in [5.74, 6) is 1.98. The van der Waals surface area contributed by atoms with Crippen molar-refractivity contribution in [2.75, 3.05) is 44.3 Å². The molecule has 0 atom stereocenters. The lowest BCUT2D eigenvalue weighted by atomic mass is 10.1. The molecule has 0 aliphatic carbocycles. The second-order valence-electron chi connectivity index (χ2n) is 7.33. The number of piperazine rings is 1. The van der Waals surface area contributed by atoms with Gasteiger partial charge in [0.05, 0.1) is 5.69 Å². The maximum atomic E-state index is 12.7. The summed E-state index contributed by atoms with van der Waals surface area (Å²) < 4.78 is 11.3. The summed E-state index contributed by atoms with van der Waals surface area (Å²) in [6.07, 6.45) is 3.26. The van der Waals surface area contributed by atoms with Crippen LogP contribution in [0.15, 0.2) is 79.6 Å². The van der Waals surface area contributed by atoms with E-state index in [9.17, 15) is 4.79 Å². The molecular weight excluding hydrogens is 404 g/mol. The van der Waals surface area contributed by atoms with Gasteiger partial charge < -0.3 is 19.3 Å². The standard InChI is InChI=1S/C25H26N4O3/c1-2-16-31-22-10-6-7-11-23(22)32-18-25(30)29-14-12-28(13-15-29)24-17-21(26-19-27-24)20-8-4-3-5-9-20/h2-11,17,19H,1,12-16,18H2. The SMILES string of the molecule is C=CCOc1ccccc1OCC(=O)N1CCN(c2cc(-c3ccccc3)ncn2)CC1. The van der Waals surface area contributed by atoms with E-state index in [1.165, 1.54) is 0 Å². The Morgan fingerprint density at radius 3 is 2.34 bits per heavy atom. The molecule has 1 aliphatic heterocycles. The molecule has 0 unspecified atom stereocenters. The van der Waals surface area contributed by atoms with Crippen molar-refractivity contribution in [2.45, 2.75) is 0 Å². The molecule has 1 aliphatic rings. The zero-order valence-corrected chi connectivity index (χ0v) is 17.9. The van der Waals surface area contributed by atoms with Crippen molar-refractivity contribution in [3.8, 4) is 22.8 Å². The van der Waals surface area contributed by atoms with Gasteiger partial charge in [-0.25, -0.2) is 9.97 Å². The molecule has 1 aromatic heterocycles. The first-order valence-corrected chi connectivity index (χ1v) is 10.6. The second kappa shape index (κ2) is 10.4. The Kier molecular flexibility index (Phi) is 6.97. The highest BCUT2D eigenvalue weighted by Crippen LogP contribution is 2.26. The van der Waals surface area contributed by atoms with E-state index in [2.05, 4.69) is 21.4 Å². The Morgan fingerprint density at radius 1 is 0.938 bits per heavy atom. The van der Waals surface area contributed by atoms with E-state index in [4.69, 9.17) is 9.47 Å². The van der Waals surface area contributed by atoms with Crippen LogP contribution in [0, 0.1) is 0 Å². The summed E-state index contributed by atoms with van der Waals surface area (Å²) in [5, 5.41) is 0. The number of anilines is 1. The Balaban J connectivity index is 1.31. The van der Waals surface area contributed by atoms with E-state index in [1.807, 2.05) is 59.5 Å². The normalized spacial score (nSPS) is 13.5. The first kappa shape index (κ1) is 21.4. The minimum Gasteiger partial charge on any atom is -0.486 e. The zero-order chi connectivity index (χ0) is 22.2. The molecule has 1 saturated heterocycles. The van der Waals surface area contributed by atoms with Gasteiger partial charge in [-0.2, -0.15) is 0 Å². The van der Waals surface area contributed by atoms with Crippen molar-refractivity contribution < 1.29 is 14.3 Å². The van der Waals surface area contributed by atoms with Gasteiger partial charge in [-0.3, -0.25) is 4.79 Å². The number of hydrogen-bond donors (Lipinski definition) is 0. The molecule has 32 heavy (non-hydrogen) atoms. The van der Waals surface area contributed by atoms with Crippen LogP contribution >= 0.6 is 0 Å². The maximum absolute atomic E-state index is 12.7. The van der Waals surface area contributed by atoms with E-state index in [0.717, 1.165) is 17.1 Å². The highest BCUT2D eigenvalue weighted by atomic mass is 16.5. The van der Waals surface area contributed by atoms with E-state index < -0.39 is 0 Å². The Labute approximate surface area is 187 Å². The van der Waals surface area contributed by atoms with Crippen LogP contribution in [-0.2, 0) is 4.79 Å². The molecule has 0 bridgehead atoms. The molecule has 0 radical (unpaired) electrons. The van der Waals surface area contributed by atoms with Gasteiger partial charge in [0.15, 0.2) is 18.1 Å². The quantitative estimate of drug-likeness (QED) is 0.510. The van der Waals surface area contributed by atoms with Crippen molar-refractivity contribution in [3.63, 3.8) is 0 Å². The number of amides is 1. The molecule has 2 heterocycles. The van der Waals surface area contributed by atoms with E-state index in [-0.39, 0.29) is 12.5 Å². The van der Waals surface area contributed by atoms with Gasteiger partial charge in [0, 0.05) is 37.8 Å². The van der Waals surface area contributed by atoms with Crippen molar-refractivity contribution >= 4 is 11.7 Å². The minimum absolute atomic E-state index is 0.0277. The molecule has 7 nitrogen and oxygen atoms in total. The number of hydrogen-bond acceptors (Lipinski definition) is 6. The predicted octanol–water partition coefficient (Wildman–Crippen LogP) is 3.44. The van der Waals surface area contributed by atoms with Gasteiger partial charge in [-0.15, -0.1) is 0 Å². The lowest BCUT2D eigenvalue weighted by Gasteiger charge is -2.35. The molecule has 0 spiro atoms. The number of nitrogens with zero attached hydrogens (tertiary/aromatic N) is 4. The third kappa shape index (κ3) is 5.24. The third-order valence-electron chi connectivity index (χ3n) is 5.24. The van der Waals surface area contributed by atoms with Gasteiger partial charge in [0.25, 0.3) is 5.91 Å². The number of rotatable bonds is 8. The highest BCUT2D eigenvalue weighted by Gasteiger charge is 2.23. The number of carbonyl (C=O) groups excluding carboxylic acids is 1. The Hall–Kier alpha value is -3.87. The average molecular weight is 431 g/mol. The van der Waals surface area contributed by atoms with Gasteiger partial charge in [0.2, 0.25) is 0 Å². The molecular formula is C25H26N4O3. The minimum atomic E-state index is -0.0455. The zero-order valence-electron chi connectivity index (χ0n) is 17.9. The largest absolute Gasteiger partial charge is 0.486 e. The lowest BCUT2D eigenvalue weighted by Crippen LogP contribution is -2.50. The summed E-state index contributed by atoms with van der Waals surface area (Å²) in [6.45, 7) is 6.64. The van der Waals surface area contributed by atoms with Crippen molar-refractivity contribution in [1.82, 2.24) is 14.9 Å². The molecule has 2 aromatic carbocycles. The summed E-state index contributed by atoms with van der Waals surface area (Å²) in [5.41, 5.74) is 1.94. The van der Waals surface area contributed by atoms with Crippen molar-refractivity contribution in [2.24, 2.45) is 0 Å². The molecule has 7 heteroatoms. The topological polar surface area (TPSA) is 67.8 Å². The molecule has 1 amide bonds. The monoisotopic (exact) mass is 430 g/mol. The average Bonchev–Trinajstić information content (AvgIpc) is 2.87. The summed E-state index contributed by atoms with van der Waals surface area (Å²) in [7, 11) is 0. The van der Waals surface area contributed by atoms with Crippen LogP contribution in [0.5, 0.6) is 11.5 Å². The predicted molar refractivity (Wildman–Crippen MR) is 124 cm³/mol. The van der Waals surface area contributed by atoms with E-state index in [0.29, 0.717) is 44.3 Å². The number of benzene rings is 2. The van der Waals surface area contributed by atoms with Crippen LogP contribution in [0.25, 0.3) is 11.3 Å². The molecule has 1 fully saturated rings. The second-order valence-corrected chi connectivity index (χ2v) is 7.33. The molecule has 0 saturated carbocycles. The Bertz CT molecular complexity index is 1050. The molecule has 3 aromatic rings. The van der Waals surface area contributed by atoms with Crippen LogP contribution in [0.3, 0.4) is 0 Å². The van der Waals surface area contributed by atoms with Gasteiger partial charge in [-0.1, -0.05) is 55.1 Å². The highest BCUT2D eigenvalue weighted by molar-refractivity contribution is 5.78. The third-order valence-corrected chi connectivity index (χ3v) is 5.24.